The molecule has 2 aromatic rings. The third-order valence-corrected chi connectivity index (χ3v) is 6.04. The van der Waals surface area contributed by atoms with E-state index in [1.54, 1.807) is 19.2 Å². The van der Waals surface area contributed by atoms with E-state index < -0.39 is 0 Å². The Labute approximate surface area is 182 Å². The number of hydrogen-bond acceptors (Lipinski definition) is 6. The average molecular weight is 428 g/mol. The van der Waals surface area contributed by atoms with Gasteiger partial charge in [0.05, 0.1) is 18.0 Å². The highest BCUT2D eigenvalue weighted by Crippen LogP contribution is 2.23. The summed E-state index contributed by atoms with van der Waals surface area (Å²) in [6.45, 7) is 3.99. The first-order valence-electron chi connectivity index (χ1n) is 11.0. The second-order valence-corrected chi connectivity index (χ2v) is 8.33. The molecule has 2 aliphatic rings. The first kappa shape index (κ1) is 21.6. The molecule has 166 valence electrons. The molecule has 4 rings (SSSR count). The lowest BCUT2D eigenvalue weighted by Gasteiger charge is -2.34. The third kappa shape index (κ3) is 5.77. The zero-order valence-corrected chi connectivity index (χ0v) is 17.9. The zero-order chi connectivity index (χ0) is 21.6. The molecule has 0 bridgehead atoms. The van der Waals surface area contributed by atoms with E-state index in [-0.39, 0.29) is 23.9 Å². The molecule has 7 nitrogen and oxygen atoms in total. The smallest absolute Gasteiger partial charge is 0.271 e. The highest BCUT2D eigenvalue weighted by atomic mass is 19.1. The maximum Gasteiger partial charge on any atom is 0.271 e. The number of likely N-dealkylation sites (tertiary alicyclic amines) is 1. The third-order valence-electron chi connectivity index (χ3n) is 6.04. The minimum atomic E-state index is -0.276. The molecule has 0 atom stereocenters. The molecule has 1 amide bonds. The Kier molecular flexibility index (Phi) is 7.09. The molecule has 31 heavy (non-hydrogen) atoms. The topological polar surface area (TPSA) is 79.4 Å². The Hall–Kier alpha value is -2.58. The van der Waals surface area contributed by atoms with Gasteiger partial charge in [-0.05, 0) is 56.5 Å². The van der Waals surface area contributed by atoms with Gasteiger partial charge in [0.2, 0.25) is 0 Å². The monoisotopic (exact) mass is 427 g/mol. The molecule has 1 saturated heterocycles. The van der Waals surface area contributed by atoms with Gasteiger partial charge >= 0.3 is 0 Å². The number of nitrogens with zero attached hydrogens (tertiary/aromatic N) is 3. The minimum absolute atomic E-state index is 0.109. The number of rotatable bonds is 9. The number of anilines is 1. The number of nitrogens with one attached hydrogen (secondary N) is 2. The van der Waals surface area contributed by atoms with Crippen LogP contribution in [0.15, 0.2) is 30.5 Å². The minimum Gasteiger partial charge on any atom is -0.381 e. The van der Waals surface area contributed by atoms with Gasteiger partial charge in [-0.1, -0.05) is 12.1 Å². The fourth-order valence-corrected chi connectivity index (χ4v) is 4.08. The molecule has 0 unspecified atom stereocenters. The van der Waals surface area contributed by atoms with E-state index in [9.17, 15) is 9.18 Å². The number of benzene rings is 1. The summed E-state index contributed by atoms with van der Waals surface area (Å²) >= 11 is 0. The zero-order valence-electron chi connectivity index (χ0n) is 17.9. The molecular weight excluding hydrogens is 397 g/mol. The molecule has 2 fully saturated rings. The Morgan fingerprint density at radius 3 is 2.68 bits per heavy atom. The first-order valence-corrected chi connectivity index (χ1v) is 11.0. The maximum atomic E-state index is 13.3. The van der Waals surface area contributed by atoms with E-state index in [0.29, 0.717) is 23.6 Å². The molecular formula is C23H30FN5O2. The average Bonchev–Trinajstić information content (AvgIpc) is 3.26. The van der Waals surface area contributed by atoms with Gasteiger partial charge in [0.15, 0.2) is 0 Å². The summed E-state index contributed by atoms with van der Waals surface area (Å²) in [5.74, 6) is 0.168. The van der Waals surface area contributed by atoms with Crippen LogP contribution in [0.5, 0.6) is 0 Å². The van der Waals surface area contributed by atoms with Crippen molar-refractivity contribution in [3.63, 3.8) is 0 Å². The highest BCUT2D eigenvalue weighted by molar-refractivity contribution is 5.92. The number of hydrogen-bond donors (Lipinski definition) is 2. The summed E-state index contributed by atoms with van der Waals surface area (Å²) in [5, 5.41) is 6.37. The number of methoxy groups -OCH3 is 1. The van der Waals surface area contributed by atoms with Crippen LogP contribution in [-0.4, -0.2) is 66.2 Å². The predicted octanol–water partition coefficient (Wildman–Crippen LogP) is 2.62. The molecule has 1 aromatic carbocycles. The lowest BCUT2D eigenvalue weighted by atomic mass is 9.89. The Morgan fingerprint density at radius 2 is 1.97 bits per heavy atom. The first-order chi connectivity index (χ1) is 15.1. The van der Waals surface area contributed by atoms with Crippen molar-refractivity contribution in [3.05, 3.63) is 53.2 Å². The molecule has 1 aromatic heterocycles. The fourth-order valence-electron chi connectivity index (χ4n) is 4.08. The predicted molar refractivity (Wildman–Crippen MR) is 117 cm³/mol. The summed E-state index contributed by atoms with van der Waals surface area (Å²) in [6, 6.07) is 6.44. The van der Waals surface area contributed by atoms with Gasteiger partial charge in [-0.2, -0.15) is 0 Å². The van der Waals surface area contributed by atoms with Crippen LogP contribution in [0.1, 0.15) is 47.4 Å². The maximum absolute atomic E-state index is 13.3. The Balaban J connectivity index is 1.45. The van der Waals surface area contributed by atoms with Crippen molar-refractivity contribution >= 4 is 11.7 Å². The van der Waals surface area contributed by atoms with Crippen LogP contribution in [0.25, 0.3) is 0 Å². The summed E-state index contributed by atoms with van der Waals surface area (Å²) in [6.07, 6.45) is 6.34. The summed E-state index contributed by atoms with van der Waals surface area (Å²) in [5.41, 5.74) is 1.89. The van der Waals surface area contributed by atoms with Crippen molar-refractivity contribution in [1.29, 1.82) is 0 Å². The number of halogens is 1. The van der Waals surface area contributed by atoms with Gasteiger partial charge in [0.25, 0.3) is 5.91 Å². The molecule has 0 radical (unpaired) electrons. The number of carbonyl (C=O) groups excluding carboxylic acids is 1. The van der Waals surface area contributed by atoms with E-state index in [1.807, 2.05) is 0 Å². The van der Waals surface area contributed by atoms with Crippen molar-refractivity contribution in [3.8, 4) is 0 Å². The summed E-state index contributed by atoms with van der Waals surface area (Å²) < 4.78 is 18.6. The van der Waals surface area contributed by atoms with Crippen molar-refractivity contribution in [2.45, 2.75) is 44.2 Å². The Morgan fingerprint density at radius 1 is 1.23 bits per heavy atom. The standard InChI is InChI=1S/C23H30FN5O2/c1-31-19-13-18(14-19)27-23(30)21-15-26-22(25-8-11-29-9-2-3-10-29)20(28-21)12-16-4-6-17(24)7-5-16/h4-7,15,18-19H,2-3,8-14H2,1H3,(H,25,26)(H,27,30)/t18-,19+. The second kappa shape index (κ2) is 10.2. The molecule has 8 heteroatoms. The van der Waals surface area contributed by atoms with Gasteiger partial charge in [0, 0.05) is 32.7 Å². The SMILES string of the molecule is CO[C@H]1C[C@@H](NC(=O)c2cnc(NCCN3CCCC3)c(Cc3ccc(F)cc3)n2)C1. The van der Waals surface area contributed by atoms with Crippen LogP contribution in [0.3, 0.4) is 0 Å². The van der Waals surface area contributed by atoms with Gasteiger partial charge in [-0.3, -0.25) is 4.79 Å². The van der Waals surface area contributed by atoms with Crippen LogP contribution >= 0.6 is 0 Å². The van der Waals surface area contributed by atoms with Gasteiger partial charge < -0.3 is 20.3 Å². The lowest BCUT2D eigenvalue weighted by molar-refractivity contribution is 0.0175. The second-order valence-electron chi connectivity index (χ2n) is 8.33. The Bertz CT molecular complexity index is 880. The van der Waals surface area contributed by atoms with Crippen LogP contribution in [0, 0.1) is 5.82 Å². The van der Waals surface area contributed by atoms with Crippen LogP contribution in [0.4, 0.5) is 10.2 Å². The van der Waals surface area contributed by atoms with Gasteiger partial charge in [-0.25, -0.2) is 14.4 Å². The van der Waals surface area contributed by atoms with Crippen molar-refractivity contribution in [2.75, 3.05) is 38.6 Å². The molecule has 1 aliphatic carbocycles. The summed E-state index contributed by atoms with van der Waals surface area (Å²) in [4.78, 5) is 24.2. The number of amides is 1. The largest absolute Gasteiger partial charge is 0.381 e. The number of carbonyl (C=O) groups is 1. The fraction of sp³-hybridized carbons (Fsp3) is 0.522. The molecule has 2 heterocycles. The highest BCUT2D eigenvalue weighted by Gasteiger charge is 2.30. The molecule has 1 saturated carbocycles. The number of aromatic nitrogens is 2. The van der Waals surface area contributed by atoms with Gasteiger partial charge in [0.1, 0.15) is 17.3 Å². The quantitative estimate of drug-likeness (QED) is 0.641. The van der Waals surface area contributed by atoms with Crippen LogP contribution < -0.4 is 10.6 Å². The van der Waals surface area contributed by atoms with Crippen molar-refractivity contribution in [2.24, 2.45) is 0 Å². The normalized spacial score (nSPS) is 21.0. The number of ether oxygens (including phenoxy) is 1. The molecule has 2 N–H and O–H groups in total. The van der Waals surface area contributed by atoms with Gasteiger partial charge in [-0.15, -0.1) is 0 Å². The van der Waals surface area contributed by atoms with Crippen molar-refractivity contribution in [1.82, 2.24) is 20.2 Å². The lowest BCUT2D eigenvalue weighted by Crippen LogP contribution is -2.47. The summed E-state index contributed by atoms with van der Waals surface area (Å²) in [7, 11) is 1.69. The van der Waals surface area contributed by atoms with E-state index in [0.717, 1.165) is 44.6 Å². The van der Waals surface area contributed by atoms with E-state index in [2.05, 4.69) is 25.5 Å². The van der Waals surface area contributed by atoms with Crippen LogP contribution in [0.2, 0.25) is 0 Å². The molecule has 1 aliphatic heterocycles. The van der Waals surface area contributed by atoms with Crippen molar-refractivity contribution < 1.29 is 13.9 Å². The van der Waals surface area contributed by atoms with E-state index in [1.165, 1.54) is 31.2 Å². The molecule has 0 spiro atoms. The van der Waals surface area contributed by atoms with E-state index in [4.69, 9.17) is 4.74 Å². The van der Waals surface area contributed by atoms with Crippen LogP contribution in [-0.2, 0) is 11.2 Å². The van der Waals surface area contributed by atoms with E-state index >= 15 is 0 Å².